The monoisotopic (exact) mass is 268 g/mol. The van der Waals surface area contributed by atoms with E-state index < -0.39 is 11.8 Å². The van der Waals surface area contributed by atoms with Gasteiger partial charge in [-0.1, -0.05) is 19.9 Å². The molecule has 0 bridgehead atoms. The number of benzene rings is 1. The van der Waals surface area contributed by atoms with E-state index in [4.69, 9.17) is 0 Å². The van der Waals surface area contributed by atoms with Gasteiger partial charge in [0.05, 0.1) is 18.3 Å². The van der Waals surface area contributed by atoms with Crippen LogP contribution in [-0.4, -0.2) is 23.8 Å². The summed E-state index contributed by atoms with van der Waals surface area (Å²) in [5, 5.41) is 14.3. The maximum absolute atomic E-state index is 13.5. The van der Waals surface area contributed by atoms with E-state index in [1.54, 1.807) is 12.1 Å². The van der Waals surface area contributed by atoms with Gasteiger partial charge in [-0.3, -0.25) is 0 Å². The molecule has 0 radical (unpaired) electrons. The Balaban J connectivity index is 2.61. The molecular weight excluding hydrogens is 247 g/mol. The van der Waals surface area contributed by atoms with E-state index >= 15 is 0 Å². The second kappa shape index (κ2) is 7.09. The fourth-order valence-corrected chi connectivity index (χ4v) is 1.83. The zero-order chi connectivity index (χ0) is 14.4. The predicted molar refractivity (Wildman–Crippen MR) is 73.6 cm³/mol. The largest absolute Gasteiger partial charge is 0.394 e. The molecule has 0 spiro atoms. The van der Waals surface area contributed by atoms with Crippen LogP contribution in [0.15, 0.2) is 18.2 Å². The number of carbonyl (C=O) groups excluding carboxylic acids is 1. The Hall–Kier alpha value is -1.62. The van der Waals surface area contributed by atoms with Gasteiger partial charge in [-0.25, -0.2) is 9.18 Å². The average Bonchev–Trinajstić information content (AvgIpc) is 2.32. The molecule has 0 saturated carbocycles. The van der Waals surface area contributed by atoms with Crippen LogP contribution in [0, 0.1) is 18.7 Å². The minimum atomic E-state index is -0.510. The van der Waals surface area contributed by atoms with Crippen molar-refractivity contribution in [2.45, 2.75) is 33.2 Å². The first-order valence-electron chi connectivity index (χ1n) is 6.37. The van der Waals surface area contributed by atoms with Crippen molar-refractivity contribution >= 4 is 11.7 Å². The van der Waals surface area contributed by atoms with Gasteiger partial charge in [0.1, 0.15) is 5.82 Å². The highest BCUT2D eigenvalue weighted by Gasteiger charge is 2.14. The number of nitrogens with one attached hydrogen (secondary N) is 2. The van der Waals surface area contributed by atoms with Gasteiger partial charge in [0.15, 0.2) is 0 Å². The SMILES string of the molecule is Cc1ccc(F)c(NC(=O)NC(CO)CC(C)C)c1. The van der Waals surface area contributed by atoms with E-state index in [1.807, 2.05) is 20.8 Å². The third kappa shape index (κ3) is 5.26. The molecule has 3 N–H and O–H groups in total. The number of hydrogen-bond donors (Lipinski definition) is 3. The average molecular weight is 268 g/mol. The molecule has 1 aromatic rings. The number of aryl methyl sites for hydroxylation is 1. The van der Waals surface area contributed by atoms with E-state index in [9.17, 15) is 14.3 Å². The molecule has 5 heteroatoms. The number of hydrogen-bond acceptors (Lipinski definition) is 2. The summed E-state index contributed by atoms with van der Waals surface area (Å²) in [5.74, 6) is -0.127. The van der Waals surface area contributed by atoms with Gasteiger partial charge >= 0.3 is 6.03 Å². The lowest BCUT2D eigenvalue weighted by atomic mass is 10.0. The van der Waals surface area contributed by atoms with Crippen molar-refractivity contribution in [3.63, 3.8) is 0 Å². The Morgan fingerprint density at radius 1 is 1.42 bits per heavy atom. The summed E-state index contributed by atoms with van der Waals surface area (Å²) in [4.78, 5) is 11.7. The number of urea groups is 1. The van der Waals surface area contributed by atoms with Crippen LogP contribution >= 0.6 is 0 Å². The van der Waals surface area contributed by atoms with Crippen molar-refractivity contribution in [3.05, 3.63) is 29.6 Å². The van der Waals surface area contributed by atoms with Gasteiger partial charge in [-0.05, 0) is 37.0 Å². The number of aliphatic hydroxyl groups is 1. The molecule has 19 heavy (non-hydrogen) atoms. The lowest BCUT2D eigenvalue weighted by Crippen LogP contribution is -2.41. The molecule has 1 unspecified atom stereocenters. The molecule has 0 aromatic heterocycles. The van der Waals surface area contributed by atoms with Gasteiger partial charge in [-0.15, -0.1) is 0 Å². The minimum Gasteiger partial charge on any atom is -0.394 e. The van der Waals surface area contributed by atoms with E-state index in [1.165, 1.54) is 6.07 Å². The second-order valence-electron chi connectivity index (χ2n) is 5.09. The molecule has 0 aliphatic rings. The Labute approximate surface area is 113 Å². The third-order valence-electron chi connectivity index (χ3n) is 2.68. The van der Waals surface area contributed by atoms with Crippen LogP contribution in [0.25, 0.3) is 0 Å². The number of rotatable bonds is 5. The summed E-state index contributed by atoms with van der Waals surface area (Å²) in [6, 6.07) is 3.67. The van der Waals surface area contributed by atoms with Gasteiger partial charge in [-0.2, -0.15) is 0 Å². The number of carbonyl (C=O) groups is 1. The Bertz CT molecular complexity index is 435. The molecule has 4 nitrogen and oxygen atoms in total. The summed E-state index contributed by atoms with van der Waals surface area (Å²) in [5.41, 5.74) is 0.997. The first-order chi connectivity index (χ1) is 8.92. The van der Waals surface area contributed by atoms with Crippen LogP contribution in [0.1, 0.15) is 25.8 Å². The van der Waals surface area contributed by atoms with Crippen LogP contribution in [0.4, 0.5) is 14.9 Å². The van der Waals surface area contributed by atoms with Crippen molar-refractivity contribution in [3.8, 4) is 0 Å². The molecule has 1 aromatic carbocycles. The summed E-state index contributed by atoms with van der Waals surface area (Å²) >= 11 is 0. The maximum atomic E-state index is 13.5. The molecule has 0 fully saturated rings. The van der Waals surface area contributed by atoms with Crippen molar-refractivity contribution < 1.29 is 14.3 Å². The van der Waals surface area contributed by atoms with Gasteiger partial charge < -0.3 is 15.7 Å². The van der Waals surface area contributed by atoms with Gasteiger partial charge in [0.25, 0.3) is 0 Å². The lowest BCUT2D eigenvalue weighted by molar-refractivity contribution is 0.214. The van der Waals surface area contributed by atoms with E-state index in [0.717, 1.165) is 5.56 Å². The minimum absolute atomic E-state index is 0.137. The highest BCUT2D eigenvalue weighted by Crippen LogP contribution is 2.15. The molecule has 1 atom stereocenters. The Kier molecular flexibility index (Phi) is 5.76. The second-order valence-corrected chi connectivity index (χ2v) is 5.09. The van der Waals surface area contributed by atoms with Crippen LogP contribution in [0.3, 0.4) is 0 Å². The quantitative estimate of drug-likeness (QED) is 0.769. The summed E-state index contributed by atoms with van der Waals surface area (Å²) in [6.45, 7) is 5.69. The fraction of sp³-hybridized carbons (Fsp3) is 0.500. The molecule has 0 aliphatic carbocycles. The number of anilines is 1. The van der Waals surface area contributed by atoms with Crippen LogP contribution in [-0.2, 0) is 0 Å². The van der Waals surface area contributed by atoms with Gasteiger partial charge in [0, 0.05) is 0 Å². The van der Waals surface area contributed by atoms with Crippen molar-refractivity contribution in [1.29, 1.82) is 0 Å². The fourth-order valence-electron chi connectivity index (χ4n) is 1.83. The standard InChI is InChI=1S/C14H21FN2O2/c1-9(2)6-11(8-18)16-14(19)17-13-7-10(3)4-5-12(13)15/h4-5,7,9,11,18H,6,8H2,1-3H3,(H2,16,17,19). The van der Waals surface area contributed by atoms with Crippen LogP contribution < -0.4 is 10.6 Å². The highest BCUT2D eigenvalue weighted by molar-refractivity contribution is 5.89. The summed E-state index contributed by atoms with van der Waals surface area (Å²) < 4.78 is 13.5. The van der Waals surface area contributed by atoms with E-state index in [0.29, 0.717) is 12.3 Å². The normalized spacial score (nSPS) is 12.3. The molecular formula is C14H21FN2O2. The molecule has 0 aliphatic heterocycles. The van der Waals surface area contributed by atoms with Crippen LogP contribution in [0.2, 0.25) is 0 Å². The molecule has 106 valence electrons. The van der Waals surface area contributed by atoms with Crippen molar-refractivity contribution in [2.24, 2.45) is 5.92 Å². The Morgan fingerprint density at radius 2 is 2.11 bits per heavy atom. The van der Waals surface area contributed by atoms with Crippen LogP contribution in [0.5, 0.6) is 0 Å². The topological polar surface area (TPSA) is 61.4 Å². The zero-order valence-corrected chi connectivity index (χ0v) is 11.5. The molecule has 0 heterocycles. The Morgan fingerprint density at radius 3 is 2.68 bits per heavy atom. The summed E-state index contributed by atoms with van der Waals surface area (Å²) in [7, 11) is 0. The number of aliphatic hydroxyl groups excluding tert-OH is 1. The van der Waals surface area contributed by atoms with Crippen molar-refractivity contribution in [1.82, 2.24) is 5.32 Å². The summed E-state index contributed by atoms with van der Waals surface area (Å²) in [6.07, 6.45) is 0.667. The first kappa shape index (κ1) is 15.4. The third-order valence-corrected chi connectivity index (χ3v) is 2.68. The highest BCUT2D eigenvalue weighted by atomic mass is 19.1. The molecule has 1 rings (SSSR count). The molecule has 0 saturated heterocycles. The molecule has 2 amide bonds. The smallest absolute Gasteiger partial charge is 0.319 e. The predicted octanol–water partition coefficient (Wildman–Crippen LogP) is 2.66. The van der Waals surface area contributed by atoms with E-state index in [-0.39, 0.29) is 18.3 Å². The maximum Gasteiger partial charge on any atom is 0.319 e. The zero-order valence-electron chi connectivity index (χ0n) is 11.5. The first-order valence-corrected chi connectivity index (χ1v) is 6.37. The van der Waals surface area contributed by atoms with Crippen molar-refractivity contribution in [2.75, 3.05) is 11.9 Å². The number of halogens is 1. The van der Waals surface area contributed by atoms with Gasteiger partial charge in [0.2, 0.25) is 0 Å². The number of amides is 2. The van der Waals surface area contributed by atoms with E-state index in [2.05, 4.69) is 10.6 Å². The lowest BCUT2D eigenvalue weighted by Gasteiger charge is -2.18.